The molecule has 1 aliphatic heterocycles. The molecule has 1 heterocycles. The molecule has 1 fully saturated rings. The van der Waals surface area contributed by atoms with Crippen molar-refractivity contribution in [1.82, 2.24) is 4.90 Å². The van der Waals surface area contributed by atoms with E-state index in [0.717, 1.165) is 18.9 Å². The fourth-order valence-corrected chi connectivity index (χ4v) is 2.78. The highest BCUT2D eigenvalue weighted by Gasteiger charge is 2.36. The van der Waals surface area contributed by atoms with Crippen LogP contribution in [-0.2, 0) is 12.8 Å². The predicted molar refractivity (Wildman–Crippen MR) is 76.3 cm³/mol. The monoisotopic (exact) mass is 302 g/mol. The van der Waals surface area contributed by atoms with Crippen LogP contribution in [0.2, 0.25) is 0 Å². The Morgan fingerprint density at radius 2 is 2.05 bits per heavy atom. The summed E-state index contributed by atoms with van der Waals surface area (Å²) in [5, 5.41) is 9.06. The van der Waals surface area contributed by atoms with Gasteiger partial charge in [-0.2, -0.15) is 13.2 Å². The first kappa shape index (κ1) is 16.1. The van der Waals surface area contributed by atoms with Gasteiger partial charge < -0.3 is 14.9 Å². The van der Waals surface area contributed by atoms with Crippen LogP contribution in [0, 0.1) is 0 Å². The number of piperidine rings is 1. The van der Waals surface area contributed by atoms with Crippen LogP contribution in [0.5, 0.6) is 0 Å². The fourth-order valence-electron chi connectivity index (χ4n) is 2.78. The summed E-state index contributed by atoms with van der Waals surface area (Å²) < 4.78 is 39.8. The highest BCUT2D eigenvalue weighted by molar-refractivity contribution is 5.57. The van der Waals surface area contributed by atoms with Crippen molar-refractivity contribution in [1.29, 1.82) is 0 Å². The van der Waals surface area contributed by atoms with E-state index in [4.69, 9.17) is 5.11 Å². The van der Waals surface area contributed by atoms with E-state index < -0.39 is 11.7 Å². The Morgan fingerprint density at radius 3 is 2.62 bits per heavy atom. The molecule has 0 spiro atoms. The van der Waals surface area contributed by atoms with Crippen molar-refractivity contribution in [2.75, 3.05) is 32.1 Å². The average Bonchev–Trinajstić information content (AvgIpc) is 2.45. The smallest absolute Gasteiger partial charge is 0.392 e. The Kier molecular flexibility index (Phi) is 4.78. The second-order valence-electron chi connectivity index (χ2n) is 5.71. The molecule has 6 heteroatoms. The normalized spacial score (nSPS) is 20.1. The quantitative estimate of drug-likeness (QED) is 0.930. The predicted octanol–water partition coefficient (Wildman–Crippen LogP) is 2.73. The van der Waals surface area contributed by atoms with Gasteiger partial charge in [0, 0.05) is 24.8 Å². The van der Waals surface area contributed by atoms with Gasteiger partial charge in [-0.05, 0) is 44.6 Å². The molecule has 1 unspecified atom stereocenters. The van der Waals surface area contributed by atoms with Crippen molar-refractivity contribution in [3.8, 4) is 0 Å². The maximum Gasteiger partial charge on any atom is 0.418 e. The minimum atomic E-state index is -4.41. The van der Waals surface area contributed by atoms with E-state index in [0.29, 0.717) is 13.1 Å². The van der Waals surface area contributed by atoms with Crippen LogP contribution in [0.3, 0.4) is 0 Å². The van der Waals surface area contributed by atoms with E-state index in [-0.39, 0.29) is 23.9 Å². The molecular weight excluding hydrogens is 281 g/mol. The molecular formula is C15H21F3N2O. The van der Waals surface area contributed by atoms with Gasteiger partial charge >= 0.3 is 6.18 Å². The van der Waals surface area contributed by atoms with Crippen LogP contribution in [0.4, 0.5) is 18.9 Å². The van der Waals surface area contributed by atoms with Gasteiger partial charge in [-0.15, -0.1) is 0 Å². The molecule has 1 aromatic rings. The number of rotatable bonds is 3. The summed E-state index contributed by atoms with van der Waals surface area (Å²) in [5.41, 5.74) is -0.160. The molecule has 21 heavy (non-hydrogen) atoms. The molecule has 1 aromatic carbocycles. The molecule has 0 aliphatic carbocycles. The van der Waals surface area contributed by atoms with Gasteiger partial charge in [-0.25, -0.2) is 0 Å². The Morgan fingerprint density at radius 1 is 1.33 bits per heavy atom. The number of likely N-dealkylation sites (N-methyl/N-ethyl adjacent to an activating group) is 1. The summed E-state index contributed by atoms with van der Waals surface area (Å²) in [7, 11) is 3.90. The summed E-state index contributed by atoms with van der Waals surface area (Å²) in [6.45, 7) is 0.837. The minimum Gasteiger partial charge on any atom is -0.392 e. The lowest BCUT2D eigenvalue weighted by atomic mass is 10.0. The summed E-state index contributed by atoms with van der Waals surface area (Å²) in [6.07, 6.45) is -2.53. The average molecular weight is 302 g/mol. The fraction of sp³-hybridized carbons (Fsp3) is 0.600. The molecule has 1 aliphatic rings. The Hall–Kier alpha value is -1.27. The van der Waals surface area contributed by atoms with Crippen molar-refractivity contribution in [2.24, 2.45) is 0 Å². The number of hydrogen-bond acceptors (Lipinski definition) is 3. The topological polar surface area (TPSA) is 26.7 Å². The Labute approximate surface area is 123 Å². The number of aliphatic hydroxyl groups excluding tert-OH is 1. The van der Waals surface area contributed by atoms with Crippen molar-refractivity contribution in [3.05, 3.63) is 29.3 Å². The van der Waals surface area contributed by atoms with Crippen LogP contribution >= 0.6 is 0 Å². The minimum absolute atomic E-state index is 0.214. The van der Waals surface area contributed by atoms with Gasteiger partial charge in [0.2, 0.25) is 0 Å². The van der Waals surface area contributed by atoms with Crippen LogP contribution in [0.1, 0.15) is 24.0 Å². The third-order valence-corrected chi connectivity index (χ3v) is 4.02. The first-order valence-electron chi connectivity index (χ1n) is 7.05. The number of hydrogen-bond donors (Lipinski definition) is 1. The zero-order valence-corrected chi connectivity index (χ0v) is 12.3. The molecule has 1 N–H and O–H groups in total. The van der Waals surface area contributed by atoms with Gasteiger partial charge in [-0.3, -0.25) is 0 Å². The number of nitrogens with zero attached hydrogens (tertiary/aromatic N) is 2. The largest absolute Gasteiger partial charge is 0.418 e. The van der Waals surface area contributed by atoms with E-state index >= 15 is 0 Å². The maximum absolute atomic E-state index is 13.3. The molecule has 0 bridgehead atoms. The van der Waals surface area contributed by atoms with Crippen molar-refractivity contribution in [2.45, 2.75) is 31.7 Å². The van der Waals surface area contributed by atoms with E-state index in [1.165, 1.54) is 6.07 Å². The molecule has 0 amide bonds. The van der Waals surface area contributed by atoms with Crippen molar-refractivity contribution in [3.63, 3.8) is 0 Å². The third-order valence-electron chi connectivity index (χ3n) is 4.02. The lowest BCUT2D eigenvalue weighted by Gasteiger charge is -2.38. The molecule has 1 saturated heterocycles. The summed E-state index contributed by atoms with van der Waals surface area (Å²) in [5.74, 6) is 0. The molecule has 118 valence electrons. The van der Waals surface area contributed by atoms with Crippen LogP contribution in [0.15, 0.2) is 18.2 Å². The standard InChI is InChI=1S/C15H21F3N2O/c1-19(2)12-4-3-7-20(9-12)14-6-5-11(10-21)8-13(14)15(16,17)18/h5-6,8,12,21H,3-4,7,9-10H2,1-2H3. The van der Waals surface area contributed by atoms with Crippen LogP contribution < -0.4 is 4.90 Å². The Bertz CT molecular complexity index is 488. The van der Waals surface area contributed by atoms with Gasteiger partial charge in [0.25, 0.3) is 0 Å². The zero-order chi connectivity index (χ0) is 15.6. The third kappa shape index (κ3) is 3.68. The van der Waals surface area contributed by atoms with E-state index in [2.05, 4.69) is 4.90 Å². The first-order chi connectivity index (χ1) is 9.82. The lowest BCUT2D eigenvalue weighted by Crippen LogP contribution is -2.45. The second kappa shape index (κ2) is 6.23. The van der Waals surface area contributed by atoms with Crippen molar-refractivity contribution < 1.29 is 18.3 Å². The number of alkyl halides is 3. The van der Waals surface area contributed by atoms with Gasteiger partial charge in [0.05, 0.1) is 12.2 Å². The molecule has 1 atom stereocenters. The SMILES string of the molecule is CN(C)C1CCCN(c2ccc(CO)cc2C(F)(F)F)C1. The van der Waals surface area contributed by atoms with Crippen LogP contribution in [-0.4, -0.2) is 43.2 Å². The summed E-state index contributed by atoms with van der Waals surface area (Å²) in [4.78, 5) is 3.86. The van der Waals surface area contributed by atoms with E-state index in [1.54, 1.807) is 11.0 Å². The Balaban J connectivity index is 2.34. The molecule has 0 radical (unpaired) electrons. The number of anilines is 1. The molecule has 3 nitrogen and oxygen atoms in total. The highest BCUT2D eigenvalue weighted by Crippen LogP contribution is 2.38. The van der Waals surface area contributed by atoms with E-state index in [1.807, 2.05) is 14.1 Å². The van der Waals surface area contributed by atoms with Gasteiger partial charge in [0.15, 0.2) is 0 Å². The van der Waals surface area contributed by atoms with Gasteiger partial charge in [-0.1, -0.05) is 6.07 Å². The lowest BCUT2D eigenvalue weighted by molar-refractivity contribution is -0.137. The maximum atomic E-state index is 13.3. The number of aliphatic hydroxyl groups is 1. The van der Waals surface area contributed by atoms with Crippen LogP contribution in [0.25, 0.3) is 0 Å². The molecule has 0 aromatic heterocycles. The summed E-state index contributed by atoms with van der Waals surface area (Å²) in [6, 6.07) is 4.35. The number of benzene rings is 1. The highest BCUT2D eigenvalue weighted by atomic mass is 19.4. The molecule has 0 saturated carbocycles. The summed E-state index contributed by atoms with van der Waals surface area (Å²) >= 11 is 0. The van der Waals surface area contributed by atoms with Crippen molar-refractivity contribution >= 4 is 5.69 Å². The van der Waals surface area contributed by atoms with E-state index in [9.17, 15) is 13.2 Å². The number of halogens is 3. The first-order valence-corrected chi connectivity index (χ1v) is 7.05. The zero-order valence-electron chi connectivity index (χ0n) is 12.3. The van der Waals surface area contributed by atoms with Gasteiger partial charge in [0.1, 0.15) is 0 Å². The second-order valence-corrected chi connectivity index (χ2v) is 5.71. The molecule has 2 rings (SSSR count).